The van der Waals surface area contributed by atoms with Crippen molar-refractivity contribution in [3.63, 3.8) is 0 Å². The number of rotatable bonds is 3. The molecule has 0 aromatic carbocycles. The molecule has 0 bridgehead atoms. The van der Waals surface area contributed by atoms with Gasteiger partial charge in [-0.25, -0.2) is 9.97 Å². The minimum atomic E-state index is 0.657. The molecule has 1 aliphatic rings. The second kappa shape index (κ2) is 6.20. The van der Waals surface area contributed by atoms with Gasteiger partial charge in [-0.2, -0.15) is 5.26 Å². The molecule has 0 saturated carbocycles. The van der Waals surface area contributed by atoms with Gasteiger partial charge in [0.05, 0.1) is 10.6 Å². The maximum atomic E-state index is 9.17. The molecule has 0 radical (unpaired) electrons. The Bertz CT molecular complexity index is 652. The van der Waals surface area contributed by atoms with E-state index in [1.54, 1.807) is 17.5 Å². The lowest BCUT2D eigenvalue weighted by atomic mass is 10.2. The van der Waals surface area contributed by atoms with Gasteiger partial charge in [0.1, 0.15) is 11.9 Å². The average molecular weight is 299 g/mol. The van der Waals surface area contributed by atoms with Gasteiger partial charge in [-0.1, -0.05) is 0 Å². The van der Waals surface area contributed by atoms with Crippen LogP contribution in [-0.2, 0) is 6.54 Å². The third-order valence-electron chi connectivity index (χ3n) is 3.63. The highest BCUT2D eigenvalue weighted by molar-refractivity contribution is 7.11. The Morgan fingerprint density at radius 2 is 2.10 bits per heavy atom. The highest BCUT2D eigenvalue weighted by Gasteiger charge is 2.20. The van der Waals surface area contributed by atoms with E-state index in [-0.39, 0.29) is 0 Å². The summed E-state index contributed by atoms with van der Waals surface area (Å²) >= 11 is 1.76. The maximum Gasteiger partial charge on any atom is 0.146 e. The van der Waals surface area contributed by atoms with E-state index >= 15 is 0 Å². The topological polar surface area (TPSA) is 56.1 Å². The fourth-order valence-electron chi connectivity index (χ4n) is 2.55. The largest absolute Gasteiger partial charge is 0.353 e. The molecular weight excluding hydrogens is 282 g/mol. The van der Waals surface area contributed by atoms with Crippen molar-refractivity contribution in [1.82, 2.24) is 14.9 Å². The van der Waals surface area contributed by atoms with Crippen molar-refractivity contribution in [2.24, 2.45) is 0 Å². The third-order valence-corrected chi connectivity index (χ3v) is 4.53. The SMILES string of the molecule is Cc1ncc(CN2CCN(c3ncccc3C#N)CC2)s1. The first kappa shape index (κ1) is 14.0. The molecule has 0 aliphatic carbocycles. The van der Waals surface area contributed by atoms with Crippen LogP contribution >= 0.6 is 11.3 Å². The van der Waals surface area contributed by atoms with Crippen molar-refractivity contribution in [3.05, 3.63) is 40.0 Å². The maximum absolute atomic E-state index is 9.17. The van der Waals surface area contributed by atoms with E-state index in [4.69, 9.17) is 5.26 Å². The van der Waals surface area contributed by atoms with Crippen LogP contribution in [0.2, 0.25) is 0 Å². The summed E-state index contributed by atoms with van der Waals surface area (Å²) in [6.07, 6.45) is 3.72. The minimum Gasteiger partial charge on any atom is -0.353 e. The van der Waals surface area contributed by atoms with Crippen LogP contribution in [0.1, 0.15) is 15.4 Å². The van der Waals surface area contributed by atoms with Crippen LogP contribution in [0.25, 0.3) is 0 Å². The molecule has 0 amide bonds. The van der Waals surface area contributed by atoms with Crippen LogP contribution < -0.4 is 4.90 Å². The van der Waals surface area contributed by atoms with Crippen molar-refractivity contribution in [2.45, 2.75) is 13.5 Å². The molecule has 0 atom stereocenters. The zero-order valence-electron chi connectivity index (χ0n) is 12.0. The van der Waals surface area contributed by atoms with Gasteiger partial charge in [0.2, 0.25) is 0 Å². The number of hydrogen-bond acceptors (Lipinski definition) is 6. The van der Waals surface area contributed by atoms with Crippen LogP contribution in [0, 0.1) is 18.3 Å². The minimum absolute atomic E-state index is 0.657. The zero-order chi connectivity index (χ0) is 14.7. The predicted molar refractivity (Wildman–Crippen MR) is 83.3 cm³/mol. The van der Waals surface area contributed by atoms with Crippen LogP contribution in [0.3, 0.4) is 0 Å². The van der Waals surface area contributed by atoms with E-state index in [0.29, 0.717) is 5.56 Å². The van der Waals surface area contributed by atoms with E-state index in [1.807, 2.05) is 25.3 Å². The summed E-state index contributed by atoms with van der Waals surface area (Å²) in [5.41, 5.74) is 0.657. The van der Waals surface area contributed by atoms with Crippen molar-refractivity contribution < 1.29 is 0 Å². The summed E-state index contributed by atoms with van der Waals surface area (Å²) in [5.74, 6) is 0.813. The standard InChI is InChI=1S/C15H17N5S/c1-12-18-10-14(21-12)11-19-5-7-20(8-6-19)15-13(9-16)3-2-4-17-15/h2-4,10H,5-8,11H2,1H3. The summed E-state index contributed by atoms with van der Waals surface area (Å²) in [6.45, 7) is 6.78. The highest BCUT2D eigenvalue weighted by atomic mass is 32.1. The number of anilines is 1. The number of hydrogen-bond donors (Lipinski definition) is 0. The smallest absolute Gasteiger partial charge is 0.146 e. The van der Waals surface area contributed by atoms with Gasteiger partial charge in [-0.15, -0.1) is 11.3 Å². The monoisotopic (exact) mass is 299 g/mol. The summed E-state index contributed by atoms with van der Waals surface area (Å²) in [6, 6.07) is 5.86. The van der Waals surface area contributed by atoms with Crippen molar-refractivity contribution in [3.8, 4) is 6.07 Å². The lowest BCUT2D eigenvalue weighted by molar-refractivity contribution is 0.251. The molecular formula is C15H17N5S. The lowest BCUT2D eigenvalue weighted by Gasteiger charge is -2.35. The Labute approximate surface area is 128 Å². The molecule has 1 aliphatic heterocycles. The molecule has 2 aromatic heterocycles. The fourth-order valence-corrected chi connectivity index (χ4v) is 3.39. The highest BCUT2D eigenvalue weighted by Crippen LogP contribution is 2.20. The molecule has 0 N–H and O–H groups in total. The molecule has 2 aromatic rings. The molecule has 0 spiro atoms. The molecule has 3 rings (SSSR count). The molecule has 21 heavy (non-hydrogen) atoms. The number of aromatic nitrogens is 2. The number of thiazole rings is 1. The van der Waals surface area contributed by atoms with Gasteiger partial charge >= 0.3 is 0 Å². The third kappa shape index (κ3) is 3.20. The normalized spacial score (nSPS) is 15.9. The van der Waals surface area contributed by atoms with Gasteiger partial charge < -0.3 is 4.90 Å². The Hall–Kier alpha value is -1.97. The summed E-state index contributed by atoms with van der Waals surface area (Å²) in [5, 5.41) is 10.3. The molecule has 1 fully saturated rings. The Kier molecular flexibility index (Phi) is 4.13. The molecule has 5 nitrogen and oxygen atoms in total. The van der Waals surface area contributed by atoms with Gasteiger partial charge in [0.15, 0.2) is 0 Å². The fraction of sp³-hybridized carbons (Fsp3) is 0.400. The van der Waals surface area contributed by atoms with Crippen molar-refractivity contribution >= 4 is 17.2 Å². The number of nitriles is 1. The zero-order valence-corrected chi connectivity index (χ0v) is 12.8. The number of pyridine rings is 1. The first-order valence-electron chi connectivity index (χ1n) is 7.00. The van der Waals surface area contributed by atoms with Crippen LogP contribution in [0.15, 0.2) is 24.5 Å². The Balaban J connectivity index is 1.61. The van der Waals surface area contributed by atoms with E-state index in [1.165, 1.54) is 4.88 Å². The molecule has 108 valence electrons. The first-order chi connectivity index (χ1) is 10.3. The van der Waals surface area contributed by atoms with Crippen LogP contribution in [0.4, 0.5) is 5.82 Å². The van der Waals surface area contributed by atoms with Gasteiger partial charge in [-0.05, 0) is 19.1 Å². The number of nitrogens with zero attached hydrogens (tertiary/aromatic N) is 5. The first-order valence-corrected chi connectivity index (χ1v) is 7.81. The molecule has 3 heterocycles. The summed E-state index contributed by atoms with van der Waals surface area (Å²) in [4.78, 5) is 14.6. The number of piperazine rings is 1. The van der Waals surface area contributed by atoms with Crippen molar-refractivity contribution in [2.75, 3.05) is 31.1 Å². The quantitative estimate of drug-likeness (QED) is 0.868. The van der Waals surface area contributed by atoms with Gasteiger partial charge in [0.25, 0.3) is 0 Å². The molecule has 0 unspecified atom stereocenters. The van der Waals surface area contributed by atoms with Crippen LogP contribution in [-0.4, -0.2) is 41.0 Å². The van der Waals surface area contributed by atoms with E-state index in [2.05, 4.69) is 25.8 Å². The van der Waals surface area contributed by atoms with Crippen molar-refractivity contribution in [1.29, 1.82) is 5.26 Å². The second-order valence-electron chi connectivity index (χ2n) is 5.10. The van der Waals surface area contributed by atoms with Gasteiger partial charge in [0, 0.05) is 50.0 Å². The average Bonchev–Trinajstić information content (AvgIpc) is 2.93. The number of aryl methyl sites for hydroxylation is 1. The van der Waals surface area contributed by atoms with E-state index in [0.717, 1.165) is 43.5 Å². The summed E-state index contributed by atoms with van der Waals surface area (Å²) < 4.78 is 0. The summed E-state index contributed by atoms with van der Waals surface area (Å²) in [7, 11) is 0. The Morgan fingerprint density at radius 3 is 2.76 bits per heavy atom. The van der Waals surface area contributed by atoms with Crippen LogP contribution in [0.5, 0.6) is 0 Å². The predicted octanol–water partition coefficient (Wildman–Crippen LogP) is 2.04. The molecule has 1 saturated heterocycles. The second-order valence-corrected chi connectivity index (χ2v) is 6.41. The van der Waals surface area contributed by atoms with Gasteiger partial charge in [-0.3, -0.25) is 4.90 Å². The lowest BCUT2D eigenvalue weighted by Crippen LogP contribution is -2.46. The Morgan fingerprint density at radius 1 is 1.29 bits per heavy atom. The molecule has 6 heteroatoms. The van der Waals surface area contributed by atoms with E-state index < -0.39 is 0 Å². The van der Waals surface area contributed by atoms with E-state index in [9.17, 15) is 0 Å².